The van der Waals surface area contributed by atoms with Crippen LogP contribution in [0.15, 0.2) is 30.3 Å². The molecule has 0 spiro atoms. The molecule has 120 valence electrons. The van der Waals surface area contributed by atoms with Crippen LogP contribution < -0.4 is 0 Å². The van der Waals surface area contributed by atoms with Crippen molar-refractivity contribution in [2.24, 2.45) is 0 Å². The Bertz CT molecular complexity index is 529. The van der Waals surface area contributed by atoms with E-state index in [2.05, 4.69) is 0 Å². The van der Waals surface area contributed by atoms with Crippen LogP contribution in [-0.4, -0.2) is 35.6 Å². The summed E-state index contributed by atoms with van der Waals surface area (Å²) >= 11 is 5.22. The molecule has 6 heteroatoms. The Labute approximate surface area is 135 Å². The minimum absolute atomic E-state index is 0.193. The Kier molecular flexibility index (Phi) is 5.50. The van der Waals surface area contributed by atoms with Gasteiger partial charge in [0.05, 0.1) is 13.2 Å². The molecule has 1 aromatic carbocycles. The fraction of sp³-hybridized carbons (Fsp3) is 0.500. The topological polar surface area (TPSA) is 54.0 Å². The second kappa shape index (κ2) is 7.17. The molecule has 22 heavy (non-hydrogen) atoms. The molecule has 1 aliphatic rings. The van der Waals surface area contributed by atoms with Crippen LogP contribution in [0.2, 0.25) is 0 Å². The summed E-state index contributed by atoms with van der Waals surface area (Å²) in [5.74, 6) is -1.48. The average Bonchev–Trinajstić information content (AvgIpc) is 2.74. The van der Waals surface area contributed by atoms with Crippen LogP contribution in [0.4, 0.5) is 0 Å². The molecular formula is C16H20O5S. The maximum atomic E-state index is 12.0. The molecule has 2 rings (SSSR count). The molecule has 1 aliphatic heterocycles. The van der Waals surface area contributed by atoms with Crippen LogP contribution >= 0.6 is 12.2 Å². The maximum absolute atomic E-state index is 12.0. The first kappa shape index (κ1) is 16.9. The van der Waals surface area contributed by atoms with E-state index < -0.39 is 24.0 Å². The molecule has 1 unspecified atom stereocenters. The normalized spacial score (nSPS) is 21.2. The zero-order valence-electron chi connectivity index (χ0n) is 12.9. The summed E-state index contributed by atoms with van der Waals surface area (Å²) in [5, 5.41) is 0.193. The number of carbonyl (C=O) groups is 1. The molecule has 0 N–H and O–H groups in total. The van der Waals surface area contributed by atoms with Gasteiger partial charge < -0.3 is 18.9 Å². The Morgan fingerprint density at radius 2 is 2.05 bits per heavy atom. The summed E-state index contributed by atoms with van der Waals surface area (Å²) in [6, 6.07) is 9.61. The number of thiocarbonyl (C=S) groups is 1. The highest BCUT2D eigenvalue weighted by molar-refractivity contribution is 7.80. The molecule has 1 aromatic rings. The second-order valence-electron chi connectivity index (χ2n) is 5.33. The minimum atomic E-state index is -0.988. The van der Waals surface area contributed by atoms with E-state index in [-0.39, 0.29) is 5.05 Å². The van der Waals surface area contributed by atoms with Gasteiger partial charge in [0.15, 0.2) is 17.3 Å². The van der Waals surface area contributed by atoms with Gasteiger partial charge in [-0.15, -0.1) is 0 Å². The van der Waals surface area contributed by atoms with Gasteiger partial charge in [0.1, 0.15) is 0 Å². The van der Waals surface area contributed by atoms with Gasteiger partial charge in [-0.2, -0.15) is 0 Å². The van der Waals surface area contributed by atoms with Crippen LogP contribution in [0.1, 0.15) is 26.3 Å². The van der Waals surface area contributed by atoms with Crippen molar-refractivity contribution in [1.29, 1.82) is 0 Å². The first-order chi connectivity index (χ1) is 10.4. The number of esters is 1. The van der Waals surface area contributed by atoms with Gasteiger partial charge in [0.2, 0.25) is 5.79 Å². The van der Waals surface area contributed by atoms with E-state index in [1.807, 2.05) is 37.3 Å². The Morgan fingerprint density at radius 3 is 2.59 bits per heavy atom. The summed E-state index contributed by atoms with van der Waals surface area (Å²) in [5.41, 5.74) is 0.970. The molecule has 5 nitrogen and oxygen atoms in total. The average molecular weight is 324 g/mol. The van der Waals surface area contributed by atoms with Crippen molar-refractivity contribution in [1.82, 2.24) is 0 Å². The highest BCUT2D eigenvalue weighted by Crippen LogP contribution is 2.28. The van der Waals surface area contributed by atoms with Crippen molar-refractivity contribution in [3.8, 4) is 0 Å². The van der Waals surface area contributed by atoms with Gasteiger partial charge in [-0.1, -0.05) is 30.3 Å². The highest BCUT2D eigenvalue weighted by Gasteiger charge is 2.47. The van der Waals surface area contributed by atoms with Crippen LogP contribution in [-0.2, 0) is 30.3 Å². The molecule has 0 amide bonds. The maximum Gasteiger partial charge on any atom is 0.341 e. The molecular weight excluding hydrogens is 304 g/mol. The summed E-state index contributed by atoms with van der Waals surface area (Å²) in [6.07, 6.45) is -1.71. The summed E-state index contributed by atoms with van der Waals surface area (Å²) in [4.78, 5) is 12.0. The Morgan fingerprint density at radius 1 is 1.36 bits per heavy atom. The quantitative estimate of drug-likeness (QED) is 0.592. The van der Waals surface area contributed by atoms with Crippen molar-refractivity contribution in [2.75, 3.05) is 6.61 Å². The first-order valence-corrected chi connectivity index (χ1v) is 7.56. The predicted molar refractivity (Wildman–Crippen MR) is 84.3 cm³/mol. The molecule has 0 aliphatic carbocycles. The Hall–Kier alpha value is -1.50. The monoisotopic (exact) mass is 324 g/mol. The third kappa shape index (κ3) is 4.25. The van der Waals surface area contributed by atoms with Crippen molar-refractivity contribution in [3.05, 3.63) is 35.9 Å². The van der Waals surface area contributed by atoms with E-state index in [1.165, 1.54) is 0 Å². The van der Waals surface area contributed by atoms with Crippen molar-refractivity contribution >= 4 is 23.2 Å². The molecule has 1 heterocycles. The predicted octanol–water partition coefficient (Wildman–Crippen LogP) is 2.61. The highest BCUT2D eigenvalue weighted by atomic mass is 32.1. The van der Waals surface area contributed by atoms with Crippen molar-refractivity contribution < 1.29 is 23.7 Å². The molecule has 1 saturated heterocycles. The van der Waals surface area contributed by atoms with Gasteiger partial charge in [-0.3, -0.25) is 0 Å². The standard InChI is InChI=1S/C16H20O5S/c1-4-18-15(22)13(12-14(17)21-16(2,3)20-12)19-10-11-8-6-5-7-9-11/h5-9,12-13H,4,10H2,1-3H3/t12-,13?/m1/s1. The Balaban J connectivity index is 2.09. The second-order valence-corrected chi connectivity index (χ2v) is 5.73. The van der Waals surface area contributed by atoms with E-state index in [1.54, 1.807) is 13.8 Å². The number of hydrogen-bond acceptors (Lipinski definition) is 6. The third-order valence-electron chi connectivity index (χ3n) is 3.06. The van der Waals surface area contributed by atoms with Gasteiger partial charge in [0.25, 0.3) is 0 Å². The number of benzene rings is 1. The molecule has 1 fully saturated rings. The van der Waals surface area contributed by atoms with Crippen LogP contribution in [0.3, 0.4) is 0 Å². The number of cyclic esters (lactones) is 1. The van der Waals surface area contributed by atoms with Gasteiger partial charge in [-0.05, 0) is 24.7 Å². The molecule has 0 radical (unpaired) electrons. The fourth-order valence-electron chi connectivity index (χ4n) is 2.13. The van der Waals surface area contributed by atoms with Crippen LogP contribution in [0, 0.1) is 0 Å². The lowest BCUT2D eigenvalue weighted by molar-refractivity contribution is -0.163. The third-order valence-corrected chi connectivity index (χ3v) is 3.41. The molecule has 0 aromatic heterocycles. The van der Waals surface area contributed by atoms with E-state index in [4.69, 9.17) is 31.2 Å². The van der Waals surface area contributed by atoms with Gasteiger partial charge in [-0.25, -0.2) is 4.79 Å². The van der Waals surface area contributed by atoms with E-state index >= 15 is 0 Å². The van der Waals surface area contributed by atoms with Gasteiger partial charge >= 0.3 is 5.97 Å². The van der Waals surface area contributed by atoms with Crippen molar-refractivity contribution in [2.45, 2.75) is 45.4 Å². The summed E-state index contributed by atoms with van der Waals surface area (Å²) in [7, 11) is 0. The largest absolute Gasteiger partial charge is 0.485 e. The fourth-order valence-corrected chi connectivity index (χ4v) is 2.44. The number of rotatable bonds is 6. The SMILES string of the molecule is CCOC(=S)C(OCc1ccccc1)[C@H]1OC(C)(C)OC1=O. The lowest BCUT2D eigenvalue weighted by Crippen LogP contribution is -2.41. The van der Waals surface area contributed by atoms with Crippen LogP contribution in [0.5, 0.6) is 0 Å². The summed E-state index contributed by atoms with van der Waals surface area (Å²) in [6.45, 7) is 5.85. The van der Waals surface area contributed by atoms with Crippen LogP contribution in [0.25, 0.3) is 0 Å². The van der Waals surface area contributed by atoms with E-state index in [0.29, 0.717) is 13.2 Å². The number of ether oxygens (including phenoxy) is 4. The van der Waals surface area contributed by atoms with E-state index in [9.17, 15) is 4.79 Å². The number of hydrogen-bond donors (Lipinski definition) is 0. The molecule has 0 saturated carbocycles. The minimum Gasteiger partial charge on any atom is -0.485 e. The number of carbonyl (C=O) groups excluding carboxylic acids is 1. The zero-order chi connectivity index (χ0) is 16.2. The molecule has 2 atom stereocenters. The molecule has 0 bridgehead atoms. The zero-order valence-corrected chi connectivity index (χ0v) is 13.7. The summed E-state index contributed by atoms with van der Waals surface area (Å²) < 4.78 is 21.9. The first-order valence-electron chi connectivity index (χ1n) is 7.16. The lowest BCUT2D eigenvalue weighted by atomic mass is 10.2. The lowest BCUT2D eigenvalue weighted by Gasteiger charge is -2.23. The smallest absolute Gasteiger partial charge is 0.341 e. The van der Waals surface area contributed by atoms with E-state index in [0.717, 1.165) is 5.56 Å². The van der Waals surface area contributed by atoms with Gasteiger partial charge in [0, 0.05) is 13.8 Å². The van der Waals surface area contributed by atoms with Crippen molar-refractivity contribution in [3.63, 3.8) is 0 Å².